The molecule has 0 bridgehead atoms. The van der Waals surface area contributed by atoms with E-state index in [1.807, 2.05) is 52.1 Å². The van der Waals surface area contributed by atoms with Gasteiger partial charge in [-0.1, -0.05) is 18.2 Å². The van der Waals surface area contributed by atoms with Crippen molar-refractivity contribution in [1.29, 1.82) is 0 Å². The Morgan fingerprint density at radius 2 is 1.71 bits per heavy atom. The third kappa shape index (κ3) is 5.44. The van der Waals surface area contributed by atoms with Crippen molar-refractivity contribution in [2.75, 3.05) is 38.7 Å². The third-order valence-corrected chi connectivity index (χ3v) is 4.92. The van der Waals surface area contributed by atoms with Crippen molar-refractivity contribution in [1.82, 2.24) is 4.98 Å². The molecule has 3 rings (SSSR count). The van der Waals surface area contributed by atoms with E-state index in [9.17, 15) is 9.59 Å². The highest BCUT2D eigenvalue weighted by molar-refractivity contribution is 6.09. The molecule has 1 amide bonds. The SMILES string of the molecule is CCOc1ccc(NC(=O)C[NH+](C)CC(=O)c2c(C)[nH]c3ccccc23)cc1OCC. The number of nitrogens with one attached hydrogen (secondary N) is 3. The average molecular weight is 425 g/mol. The molecule has 0 radical (unpaired) electrons. The minimum atomic E-state index is -0.174. The molecule has 0 saturated heterocycles. The zero-order valence-corrected chi connectivity index (χ0v) is 18.5. The van der Waals surface area contributed by atoms with Crippen LogP contribution in [0.15, 0.2) is 42.5 Å². The van der Waals surface area contributed by atoms with E-state index in [2.05, 4.69) is 10.3 Å². The number of fused-ring (bicyclic) bond motifs is 1. The molecule has 0 saturated carbocycles. The molecule has 1 atom stereocenters. The summed E-state index contributed by atoms with van der Waals surface area (Å²) in [4.78, 5) is 29.5. The van der Waals surface area contributed by atoms with Gasteiger partial charge in [0.05, 0.1) is 25.8 Å². The molecule has 2 aromatic carbocycles. The van der Waals surface area contributed by atoms with Crippen LogP contribution in [0.25, 0.3) is 10.9 Å². The van der Waals surface area contributed by atoms with Crippen LogP contribution in [0.3, 0.4) is 0 Å². The zero-order chi connectivity index (χ0) is 22.4. The predicted octanol–water partition coefficient (Wildman–Crippen LogP) is 2.61. The number of benzene rings is 2. The summed E-state index contributed by atoms with van der Waals surface area (Å²) in [6, 6.07) is 13.1. The van der Waals surface area contributed by atoms with E-state index in [0.717, 1.165) is 21.5 Å². The highest BCUT2D eigenvalue weighted by atomic mass is 16.5. The first kappa shape index (κ1) is 22.4. The summed E-state index contributed by atoms with van der Waals surface area (Å²) in [5.41, 5.74) is 3.12. The number of ether oxygens (including phenoxy) is 2. The van der Waals surface area contributed by atoms with Crippen molar-refractivity contribution in [2.24, 2.45) is 0 Å². The molecule has 0 fully saturated rings. The molecule has 164 valence electrons. The van der Waals surface area contributed by atoms with Gasteiger partial charge in [0.25, 0.3) is 5.91 Å². The maximum Gasteiger partial charge on any atom is 0.279 e. The summed E-state index contributed by atoms with van der Waals surface area (Å²) >= 11 is 0. The van der Waals surface area contributed by atoms with Gasteiger partial charge in [-0.05, 0) is 39.0 Å². The summed E-state index contributed by atoms with van der Waals surface area (Å²) in [7, 11) is 1.84. The van der Waals surface area contributed by atoms with Crippen molar-refractivity contribution in [3.8, 4) is 11.5 Å². The van der Waals surface area contributed by atoms with Gasteiger partial charge in [-0.25, -0.2) is 0 Å². The number of aryl methyl sites for hydroxylation is 1. The van der Waals surface area contributed by atoms with Gasteiger partial charge >= 0.3 is 0 Å². The number of carbonyl (C=O) groups excluding carboxylic acids is 2. The van der Waals surface area contributed by atoms with Crippen LogP contribution in [0.4, 0.5) is 5.69 Å². The summed E-state index contributed by atoms with van der Waals surface area (Å²) in [5.74, 6) is 1.07. The van der Waals surface area contributed by atoms with Gasteiger partial charge in [-0.3, -0.25) is 9.59 Å². The molecule has 7 nitrogen and oxygen atoms in total. The highest BCUT2D eigenvalue weighted by Crippen LogP contribution is 2.30. The minimum absolute atomic E-state index is 0.0138. The monoisotopic (exact) mass is 424 g/mol. The Bertz CT molecular complexity index is 1070. The van der Waals surface area contributed by atoms with Crippen molar-refractivity contribution in [3.63, 3.8) is 0 Å². The molecule has 1 unspecified atom stereocenters. The van der Waals surface area contributed by atoms with Crippen molar-refractivity contribution < 1.29 is 24.0 Å². The summed E-state index contributed by atoms with van der Waals surface area (Å²) in [6.07, 6.45) is 0. The number of para-hydroxylation sites is 1. The van der Waals surface area contributed by atoms with Crippen molar-refractivity contribution in [3.05, 3.63) is 53.7 Å². The van der Waals surface area contributed by atoms with E-state index in [1.54, 1.807) is 18.2 Å². The fraction of sp³-hybridized carbons (Fsp3) is 0.333. The Hall–Kier alpha value is -3.32. The van der Waals surface area contributed by atoms with Crippen LogP contribution >= 0.6 is 0 Å². The van der Waals surface area contributed by atoms with Crippen LogP contribution in [-0.2, 0) is 4.79 Å². The lowest BCUT2D eigenvalue weighted by Gasteiger charge is -2.15. The zero-order valence-electron chi connectivity index (χ0n) is 18.5. The van der Waals surface area contributed by atoms with Crippen LogP contribution in [0.5, 0.6) is 11.5 Å². The van der Waals surface area contributed by atoms with E-state index in [-0.39, 0.29) is 24.8 Å². The van der Waals surface area contributed by atoms with Gasteiger partial charge in [-0.2, -0.15) is 0 Å². The lowest BCUT2D eigenvalue weighted by Crippen LogP contribution is -3.11. The maximum atomic E-state index is 12.9. The minimum Gasteiger partial charge on any atom is -0.490 e. The van der Waals surface area contributed by atoms with E-state index in [0.29, 0.717) is 36.0 Å². The summed E-state index contributed by atoms with van der Waals surface area (Å²) in [6.45, 7) is 7.13. The molecule has 0 spiro atoms. The first-order valence-electron chi connectivity index (χ1n) is 10.5. The molecule has 0 aliphatic carbocycles. The van der Waals surface area contributed by atoms with Crippen LogP contribution in [0.1, 0.15) is 29.9 Å². The van der Waals surface area contributed by atoms with Gasteiger partial charge in [0.15, 0.2) is 18.0 Å². The number of hydrogen-bond acceptors (Lipinski definition) is 4. The number of ketones is 1. The van der Waals surface area contributed by atoms with Crippen LogP contribution in [0, 0.1) is 6.92 Å². The molecule has 7 heteroatoms. The molecule has 0 aliphatic heterocycles. The number of Topliss-reactive ketones (excluding diaryl/α,β-unsaturated/α-hetero) is 1. The standard InChI is InChI=1S/C24H29N3O4/c1-5-30-21-12-11-17(13-22(21)31-6-2)26-23(29)15-27(4)14-20(28)24-16(3)25-19-10-8-7-9-18(19)24/h7-13,25H,5-6,14-15H2,1-4H3,(H,26,29)/p+1. The van der Waals surface area contributed by atoms with E-state index < -0.39 is 0 Å². The van der Waals surface area contributed by atoms with Gasteiger partial charge in [0, 0.05) is 28.4 Å². The quantitative estimate of drug-likeness (QED) is 0.437. The van der Waals surface area contributed by atoms with E-state index in [1.165, 1.54) is 0 Å². The Labute approximate surface area is 182 Å². The fourth-order valence-electron chi connectivity index (χ4n) is 3.67. The number of anilines is 1. The molecule has 3 N–H and O–H groups in total. The van der Waals surface area contributed by atoms with Crippen molar-refractivity contribution in [2.45, 2.75) is 20.8 Å². The molecule has 31 heavy (non-hydrogen) atoms. The van der Waals surface area contributed by atoms with E-state index >= 15 is 0 Å². The van der Waals surface area contributed by atoms with Gasteiger partial charge in [0.1, 0.15) is 6.54 Å². The maximum absolute atomic E-state index is 12.9. The molecule has 3 aromatic rings. The number of quaternary nitrogens is 1. The summed E-state index contributed by atoms with van der Waals surface area (Å²) in [5, 5.41) is 3.79. The topological polar surface area (TPSA) is 84.9 Å². The number of rotatable bonds is 10. The number of aromatic nitrogens is 1. The average Bonchev–Trinajstić information content (AvgIpc) is 3.05. The number of likely N-dealkylation sites (N-methyl/N-ethyl adjacent to an activating group) is 1. The van der Waals surface area contributed by atoms with Crippen LogP contribution in [-0.4, -0.2) is 50.0 Å². The van der Waals surface area contributed by atoms with Crippen molar-refractivity contribution >= 4 is 28.3 Å². The normalized spacial score (nSPS) is 11.9. The van der Waals surface area contributed by atoms with Crippen LogP contribution in [0.2, 0.25) is 0 Å². The number of carbonyl (C=O) groups is 2. The Kier molecular flexibility index (Phi) is 7.31. The fourth-order valence-corrected chi connectivity index (χ4v) is 3.67. The smallest absolute Gasteiger partial charge is 0.279 e. The molecular formula is C24H30N3O4+. The lowest BCUT2D eigenvalue weighted by molar-refractivity contribution is -0.861. The number of hydrogen-bond donors (Lipinski definition) is 3. The Morgan fingerprint density at radius 3 is 2.45 bits per heavy atom. The molecule has 1 aromatic heterocycles. The highest BCUT2D eigenvalue weighted by Gasteiger charge is 2.21. The van der Waals surface area contributed by atoms with Gasteiger partial charge in [0.2, 0.25) is 5.78 Å². The first-order chi connectivity index (χ1) is 14.9. The number of H-pyrrole nitrogens is 1. The Morgan fingerprint density at radius 1 is 1.00 bits per heavy atom. The van der Waals surface area contributed by atoms with E-state index in [4.69, 9.17) is 9.47 Å². The molecular weight excluding hydrogens is 394 g/mol. The summed E-state index contributed by atoms with van der Waals surface area (Å²) < 4.78 is 11.2. The molecule has 0 aliphatic rings. The van der Waals surface area contributed by atoms with Gasteiger partial charge < -0.3 is 24.7 Å². The molecule has 1 heterocycles. The first-order valence-corrected chi connectivity index (χ1v) is 10.5. The second-order valence-corrected chi connectivity index (χ2v) is 7.48. The number of amides is 1. The second kappa shape index (κ2) is 10.1. The lowest BCUT2D eigenvalue weighted by atomic mass is 10.1. The Balaban J connectivity index is 1.62. The second-order valence-electron chi connectivity index (χ2n) is 7.48. The van der Waals surface area contributed by atoms with Crippen LogP contribution < -0.4 is 19.7 Å². The number of aromatic amines is 1. The largest absolute Gasteiger partial charge is 0.490 e. The predicted molar refractivity (Wildman–Crippen MR) is 121 cm³/mol. The van der Waals surface area contributed by atoms with Gasteiger partial charge in [-0.15, -0.1) is 0 Å². The third-order valence-electron chi connectivity index (χ3n) is 4.92.